The van der Waals surface area contributed by atoms with Crippen LogP contribution in [0, 0.1) is 0 Å². The van der Waals surface area contributed by atoms with Gasteiger partial charge in [-0.1, -0.05) is 30.3 Å². The number of hydrogen-bond acceptors (Lipinski definition) is 6. The second kappa shape index (κ2) is 11.0. The number of carboxylic acids is 1. The highest BCUT2D eigenvalue weighted by Crippen LogP contribution is 2.29. The third-order valence-corrected chi connectivity index (χ3v) is 8.13. The van der Waals surface area contributed by atoms with E-state index < -0.39 is 34.1 Å². The van der Waals surface area contributed by atoms with Crippen molar-refractivity contribution in [1.29, 1.82) is 0 Å². The standard InChI is InChI=1S/C23H27N3O6S2/c1-26(20-10-11-21(27)25-20)34(31,32)16-8-9-17(18(14-16)15-6-4-3-5-7-15)22(28)24-19(23(29)30)12-13-33-2/h3-9,14,19-20H,10-13H2,1-2H3,(H,24,28)(H,25,27)(H,29,30)/t19-,20-/m0/s1. The van der Waals surface area contributed by atoms with Crippen molar-refractivity contribution in [3.63, 3.8) is 0 Å². The largest absolute Gasteiger partial charge is 0.480 e. The van der Waals surface area contributed by atoms with Gasteiger partial charge in [-0.2, -0.15) is 16.1 Å². The maximum atomic E-state index is 13.3. The van der Waals surface area contributed by atoms with Gasteiger partial charge in [-0.15, -0.1) is 0 Å². The molecule has 0 aromatic heterocycles. The maximum absolute atomic E-state index is 13.3. The van der Waals surface area contributed by atoms with E-state index in [0.717, 1.165) is 4.31 Å². The summed E-state index contributed by atoms with van der Waals surface area (Å²) in [7, 11) is -2.58. The molecule has 0 spiro atoms. The van der Waals surface area contributed by atoms with Crippen molar-refractivity contribution >= 4 is 39.6 Å². The quantitative estimate of drug-likeness (QED) is 0.451. The molecule has 1 saturated heterocycles. The Morgan fingerprint density at radius 3 is 2.53 bits per heavy atom. The molecule has 182 valence electrons. The van der Waals surface area contributed by atoms with Gasteiger partial charge in [0.25, 0.3) is 5.91 Å². The highest BCUT2D eigenvalue weighted by atomic mass is 32.2. The SMILES string of the molecule is CSCC[C@H](NC(=O)c1ccc(S(=O)(=O)N(C)[C@H]2CCC(=O)N2)cc1-c1ccccc1)C(=O)O. The minimum Gasteiger partial charge on any atom is -0.480 e. The van der Waals surface area contributed by atoms with Crippen LogP contribution in [-0.4, -0.2) is 66.9 Å². The third-order valence-electron chi connectivity index (χ3n) is 5.62. The molecule has 2 atom stereocenters. The second-order valence-electron chi connectivity index (χ2n) is 7.86. The fraction of sp³-hybridized carbons (Fsp3) is 0.348. The van der Waals surface area contributed by atoms with Crippen molar-refractivity contribution in [3.8, 4) is 11.1 Å². The molecule has 0 radical (unpaired) electrons. The van der Waals surface area contributed by atoms with Gasteiger partial charge >= 0.3 is 5.97 Å². The van der Waals surface area contributed by atoms with Crippen molar-refractivity contribution in [1.82, 2.24) is 14.9 Å². The first-order valence-electron chi connectivity index (χ1n) is 10.6. The monoisotopic (exact) mass is 505 g/mol. The van der Waals surface area contributed by atoms with Gasteiger partial charge in [-0.3, -0.25) is 9.59 Å². The van der Waals surface area contributed by atoms with E-state index in [2.05, 4.69) is 10.6 Å². The first-order chi connectivity index (χ1) is 16.1. The molecule has 2 aromatic carbocycles. The Balaban J connectivity index is 1.99. The Morgan fingerprint density at radius 1 is 1.24 bits per heavy atom. The first kappa shape index (κ1) is 25.7. The summed E-state index contributed by atoms with van der Waals surface area (Å²) in [6.45, 7) is 0. The lowest BCUT2D eigenvalue weighted by atomic mass is 9.99. The summed E-state index contributed by atoms with van der Waals surface area (Å²) in [4.78, 5) is 36.2. The fourth-order valence-electron chi connectivity index (χ4n) is 3.67. The molecule has 3 N–H and O–H groups in total. The number of amides is 2. The number of benzene rings is 2. The number of aliphatic carboxylic acids is 1. The summed E-state index contributed by atoms with van der Waals surface area (Å²) < 4.78 is 27.7. The molecule has 1 heterocycles. The zero-order valence-electron chi connectivity index (χ0n) is 18.9. The Kier molecular flexibility index (Phi) is 8.34. The van der Waals surface area contributed by atoms with E-state index in [1.165, 1.54) is 37.0 Å². The van der Waals surface area contributed by atoms with Gasteiger partial charge in [0.1, 0.15) is 6.04 Å². The Labute approximate surface area is 203 Å². The smallest absolute Gasteiger partial charge is 0.326 e. The van der Waals surface area contributed by atoms with Gasteiger partial charge < -0.3 is 15.7 Å². The van der Waals surface area contributed by atoms with Crippen LogP contribution >= 0.6 is 11.8 Å². The second-order valence-corrected chi connectivity index (χ2v) is 10.8. The van der Waals surface area contributed by atoms with Crippen LogP contribution < -0.4 is 10.6 Å². The zero-order chi connectivity index (χ0) is 24.9. The van der Waals surface area contributed by atoms with Crippen LogP contribution in [0.15, 0.2) is 53.4 Å². The van der Waals surface area contributed by atoms with Gasteiger partial charge in [0.05, 0.1) is 11.1 Å². The number of thioether (sulfide) groups is 1. The fourth-order valence-corrected chi connectivity index (χ4v) is 5.48. The molecule has 2 aromatic rings. The van der Waals surface area contributed by atoms with Gasteiger partial charge in [0, 0.05) is 19.0 Å². The molecule has 0 aliphatic carbocycles. The molecule has 0 unspecified atom stereocenters. The van der Waals surface area contributed by atoms with Crippen LogP contribution in [0.2, 0.25) is 0 Å². The topological polar surface area (TPSA) is 133 Å². The van der Waals surface area contributed by atoms with E-state index in [9.17, 15) is 27.9 Å². The number of nitrogens with one attached hydrogen (secondary N) is 2. The molecule has 11 heteroatoms. The normalized spacial score (nSPS) is 16.8. The number of carbonyl (C=O) groups is 3. The van der Waals surface area contributed by atoms with E-state index in [0.29, 0.717) is 23.3 Å². The van der Waals surface area contributed by atoms with E-state index in [4.69, 9.17) is 0 Å². The molecule has 0 bridgehead atoms. The minimum absolute atomic E-state index is 0.0382. The van der Waals surface area contributed by atoms with Gasteiger partial charge in [-0.05, 0) is 54.2 Å². The van der Waals surface area contributed by atoms with Crippen molar-refractivity contribution < 1.29 is 27.9 Å². The van der Waals surface area contributed by atoms with Crippen LogP contribution in [0.25, 0.3) is 11.1 Å². The number of rotatable bonds is 10. The summed E-state index contributed by atoms with van der Waals surface area (Å²) in [5, 5.41) is 14.7. The first-order valence-corrected chi connectivity index (χ1v) is 13.5. The van der Waals surface area contributed by atoms with Gasteiger partial charge in [0.15, 0.2) is 0 Å². The number of nitrogens with zero attached hydrogens (tertiary/aromatic N) is 1. The lowest BCUT2D eigenvalue weighted by molar-refractivity contribution is -0.139. The van der Waals surface area contributed by atoms with E-state index in [1.54, 1.807) is 30.3 Å². The maximum Gasteiger partial charge on any atom is 0.326 e. The molecule has 1 aliphatic heterocycles. The minimum atomic E-state index is -3.98. The number of sulfonamides is 1. The van der Waals surface area contributed by atoms with Crippen LogP contribution in [-0.2, 0) is 19.6 Å². The molecule has 9 nitrogen and oxygen atoms in total. The molecule has 2 amide bonds. The number of hydrogen-bond donors (Lipinski definition) is 3. The third kappa shape index (κ3) is 5.78. The van der Waals surface area contributed by atoms with Crippen molar-refractivity contribution in [2.45, 2.75) is 36.4 Å². The van der Waals surface area contributed by atoms with E-state index in [1.807, 2.05) is 6.26 Å². The molecular weight excluding hydrogens is 478 g/mol. The Hall–Kier alpha value is -2.89. The predicted octanol–water partition coefficient (Wildman–Crippen LogP) is 2.15. The highest BCUT2D eigenvalue weighted by molar-refractivity contribution is 7.98. The number of carbonyl (C=O) groups excluding carboxylic acids is 2. The Bertz CT molecular complexity index is 1170. The average Bonchev–Trinajstić information content (AvgIpc) is 3.27. The van der Waals surface area contributed by atoms with Gasteiger partial charge in [0.2, 0.25) is 15.9 Å². The van der Waals surface area contributed by atoms with Gasteiger partial charge in [-0.25, -0.2) is 13.2 Å². The summed E-state index contributed by atoms with van der Waals surface area (Å²) in [5.41, 5.74) is 1.13. The van der Waals surface area contributed by atoms with E-state index >= 15 is 0 Å². The molecule has 1 aliphatic rings. The predicted molar refractivity (Wildman–Crippen MR) is 130 cm³/mol. The van der Waals surface area contributed by atoms with Crippen molar-refractivity contribution in [2.24, 2.45) is 0 Å². The van der Waals surface area contributed by atoms with Crippen LogP contribution in [0.4, 0.5) is 0 Å². The van der Waals surface area contributed by atoms with Crippen molar-refractivity contribution in [2.75, 3.05) is 19.1 Å². The molecule has 0 saturated carbocycles. The van der Waals surface area contributed by atoms with Crippen LogP contribution in [0.1, 0.15) is 29.6 Å². The molecule has 3 rings (SSSR count). The average molecular weight is 506 g/mol. The van der Waals surface area contributed by atoms with Crippen LogP contribution in [0.3, 0.4) is 0 Å². The molecule has 34 heavy (non-hydrogen) atoms. The lowest BCUT2D eigenvalue weighted by Crippen LogP contribution is -2.44. The van der Waals surface area contributed by atoms with Crippen LogP contribution in [0.5, 0.6) is 0 Å². The zero-order valence-corrected chi connectivity index (χ0v) is 20.5. The van der Waals surface area contributed by atoms with Crippen molar-refractivity contribution in [3.05, 3.63) is 54.1 Å². The number of carboxylic acid groups (broad SMARTS) is 1. The summed E-state index contributed by atoms with van der Waals surface area (Å²) in [6.07, 6.45) is 2.08. The molecule has 1 fully saturated rings. The Morgan fingerprint density at radius 2 is 1.94 bits per heavy atom. The lowest BCUT2D eigenvalue weighted by Gasteiger charge is -2.24. The van der Waals surface area contributed by atoms with E-state index in [-0.39, 0.29) is 29.2 Å². The summed E-state index contributed by atoms with van der Waals surface area (Å²) in [5.74, 6) is -1.39. The highest BCUT2D eigenvalue weighted by Gasteiger charge is 2.33. The molecular formula is C23H27N3O6S2. The summed E-state index contributed by atoms with van der Waals surface area (Å²) >= 11 is 1.48. The summed E-state index contributed by atoms with van der Waals surface area (Å²) in [6, 6.07) is 11.9.